The minimum Gasteiger partial charge on any atom is -0.244 e. The Morgan fingerprint density at radius 3 is 2.93 bits per heavy atom. The van der Waals surface area contributed by atoms with Crippen molar-refractivity contribution in [2.24, 2.45) is 4.99 Å². The van der Waals surface area contributed by atoms with E-state index in [0.29, 0.717) is 11.0 Å². The molecule has 4 nitrogen and oxygen atoms in total. The smallest absolute Gasteiger partial charge is 0.244 e. The van der Waals surface area contributed by atoms with Gasteiger partial charge in [-0.1, -0.05) is 29.8 Å². The highest BCUT2D eigenvalue weighted by molar-refractivity contribution is 6.33. The van der Waals surface area contributed by atoms with Gasteiger partial charge in [0, 0.05) is 16.8 Å². The van der Waals surface area contributed by atoms with E-state index in [9.17, 15) is 0 Å². The lowest BCUT2D eigenvalue weighted by Gasteiger charge is -1.94. The second-order valence-corrected chi connectivity index (χ2v) is 3.00. The molecule has 0 radical (unpaired) electrons. The number of hydrogen-bond donors (Lipinski definition) is 1. The summed E-state index contributed by atoms with van der Waals surface area (Å²) in [4.78, 5) is 7.91. The number of H-pyrrole nitrogens is 1. The third-order valence-corrected chi connectivity index (χ3v) is 1.98. The van der Waals surface area contributed by atoms with E-state index in [0.717, 1.165) is 5.56 Å². The normalized spacial score (nSPS) is 10.9. The van der Waals surface area contributed by atoms with E-state index in [1.165, 1.54) is 6.33 Å². The van der Waals surface area contributed by atoms with Gasteiger partial charge in [-0.25, -0.2) is 10.1 Å². The number of benzene rings is 1. The van der Waals surface area contributed by atoms with Crippen molar-refractivity contribution >= 4 is 23.8 Å². The van der Waals surface area contributed by atoms with Crippen LogP contribution in [-0.4, -0.2) is 21.4 Å². The molecule has 5 heteroatoms. The first-order valence-corrected chi connectivity index (χ1v) is 4.38. The highest BCUT2D eigenvalue weighted by atomic mass is 35.5. The quantitative estimate of drug-likeness (QED) is 0.766. The van der Waals surface area contributed by atoms with Gasteiger partial charge >= 0.3 is 0 Å². The lowest BCUT2D eigenvalue weighted by atomic mass is 10.2. The summed E-state index contributed by atoms with van der Waals surface area (Å²) in [6.07, 6.45) is 3.04. The first kappa shape index (κ1) is 8.90. The van der Waals surface area contributed by atoms with E-state index in [1.54, 1.807) is 6.21 Å². The first-order chi connectivity index (χ1) is 6.86. The summed E-state index contributed by atoms with van der Waals surface area (Å²) in [5, 5.41) is 6.96. The van der Waals surface area contributed by atoms with Crippen molar-refractivity contribution in [2.45, 2.75) is 0 Å². The van der Waals surface area contributed by atoms with Crippen LogP contribution in [0, 0.1) is 0 Å². The Hall–Kier alpha value is -1.68. The SMILES string of the molecule is Clc1ccccc1/C=N/c1ncn[nH]1. The van der Waals surface area contributed by atoms with E-state index in [1.807, 2.05) is 24.3 Å². The average molecular weight is 207 g/mol. The second kappa shape index (κ2) is 4.02. The summed E-state index contributed by atoms with van der Waals surface area (Å²) in [5.74, 6) is 0.463. The lowest BCUT2D eigenvalue weighted by molar-refractivity contribution is 1.08. The molecule has 2 aromatic rings. The van der Waals surface area contributed by atoms with E-state index in [-0.39, 0.29) is 0 Å². The van der Waals surface area contributed by atoms with Crippen molar-refractivity contribution in [2.75, 3.05) is 0 Å². The van der Waals surface area contributed by atoms with Crippen molar-refractivity contribution in [1.82, 2.24) is 15.2 Å². The molecule has 0 saturated carbocycles. The van der Waals surface area contributed by atoms with E-state index < -0.39 is 0 Å². The van der Waals surface area contributed by atoms with Crippen LogP contribution >= 0.6 is 11.6 Å². The standard InChI is InChI=1S/C9H7ClN4/c10-8-4-2-1-3-7(8)5-11-9-12-6-13-14-9/h1-6H,(H,12,13,14)/b11-5+. The number of nitrogens with one attached hydrogen (secondary N) is 1. The Bertz CT molecular complexity index is 436. The zero-order valence-corrected chi connectivity index (χ0v) is 7.94. The van der Waals surface area contributed by atoms with E-state index >= 15 is 0 Å². The summed E-state index contributed by atoms with van der Waals surface area (Å²) < 4.78 is 0. The summed E-state index contributed by atoms with van der Waals surface area (Å²) in [6, 6.07) is 7.45. The molecule has 0 aliphatic carbocycles. The van der Waals surface area contributed by atoms with Crippen LogP contribution in [0.5, 0.6) is 0 Å². The molecule has 1 N–H and O–H groups in total. The third-order valence-electron chi connectivity index (χ3n) is 1.63. The first-order valence-electron chi connectivity index (χ1n) is 4.00. The molecule has 14 heavy (non-hydrogen) atoms. The van der Waals surface area contributed by atoms with Crippen LogP contribution in [0.25, 0.3) is 0 Å². The van der Waals surface area contributed by atoms with Gasteiger partial charge in [0.15, 0.2) is 0 Å². The maximum Gasteiger partial charge on any atom is 0.245 e. The zero-order chi connectivity index (χ0) is 9.80. The summed E-state index contributed by atoms with van der Waals surface area (Å²) in [5.41, 5.74) is 0.852. The topological polar surface area (TPSA) is 53.9 Å². The molecule has 0 fully saturated rings. The largest absolute Gasteiger partial charge is 0.245 e. The van der Waals surface area contributed by atoms with Gasteiger partial charge < -0.3 is 0 Å². The molecule has 0 saturated heterocycles. The van der Waals surface area contributed by atoms with Gasteiger partial charge in [-0.2, -0.15) is 10.1 Å². The van der Waals surface area contributed by atoms with Crippen molar-refractivity contribution < 1.29 is 0 Å². The van der Waals surface area contributed by atoms with Crippen molar-refractivity contribution in [3.05, 3.63) is 41.2 Å². The van der Waals surface area contributed by atoms with Gasteiger partial charge in [0.2, 0.25) is 5.95 Å². The highest BCUT2D eigenvalue weighted by Gasteiger charge is 1.94. The Morgan fingerprint density at radius 1 is 1.36 bits per heavy atom. The van der Waals surface area contributed by atoms with Crippen LogP contribution in [0.3, 0.4) is 0 Å². The van der Waals surface area contributed by atoms with E-state index in [4.69, 9.17) is 11.6 Å². The molecule has 0 aliphatic rings. The molecular formula is C9H7ClN4. The summed E-state index contributed by atoms with van der Waals surface area (Å²) >= 11 is 5.93. The molecule has 1 aromatic carbocycles. The predicted molar refractivity (Wildman–Crippen MR) is 55.1 cm³/mol. The Morgan fingerprint density at radius 2 is 2.21 bits per heavy atom. The molecule has 0 amide bonds. The fraction of sp³-hybridized carbons (Fsp3) is 0. The van der Waals surface area contributed by atoms with Crippen LogP contribution in [0.2, 0.25) is 5.02 Å². The number of aliphatic imine (C=N–C) groups is 1. The zero-order valence-electron chi connectivity index (χ0n) is 7.18. The van der Waals surface area contributed by atoms with Crippen LogP contribution in [0.4, 0.5) is 5.95 Å². The lowest BCUT2D eigenvalue weighted by Crippen LogP contribution is -1.81. The van der Waals surface area contributed by atoms with Gasteiger partial charge in [-0.3, -0.25) is 0 Å². The van der Waals surface area contributed by atoms with Gasteiger partial charge in [0.05, 0.1) is 0 Å². The molecule has 0 unspecified atom stereocenters. The van der Waals surface area contributed by atoms with Gasteiger partial charge in [-0.05, 0) is 6.07 Å². The van der Waals surface area contributed by atoms with Crippen molar-refractivity contribution in [1.29, 1.82) is 0 Å². The average Bonchev–Trinajstić information content (AvgIpc) is 2.69. The number of aromatic nitrogens is 3. The molecule has 0 spiro atoms. The number of rotatable bonds is 2. The van der Waals surface area contributed by atoms with E-state index in [2.05, 4.69) is 20.2 Å². The van der Waals surface area contributed by atoms with Gasteiger partial charge in [-0.15, -0.1) is 0 Å². The Kier molecular flexibility index (Phi) is 2.55. The molecule has 0 atom stereocenters. The van der Waals surface area contributed by atoms with Gasteiger partial charge in [0.25, 0.3) is 0 Å². The fourth-order valence-electron chi connectivity index (χ4n) is 0.972. The molecule has 0 aliphatic heterocycles. The Labute approximate surface area is 85.7 Å². The Balaban J connectivity index is 2.23. The number of halogens is 1. The predicted octanol–water partition coefficient (Wildman–Crippen LogP) is 2.21. The van der Waals surface area contributed by atoms with Crippen LogP contribution in [0.1, 0.15) is 5.56 Å². The van der Waals surface area contributed by atoms with Crippen LogP contribution in [0.15, 0.2) is 35.6 Å². The van der Waals surface area contributed by atoms with Crippen LogP contribution < -0.4 is 0 Å². The maximum atomic E-state index is 5.93. The van der Waals surface area contributed by atoms with Crippen molar-refractivity contribution in [3.8, 4) is 0 Å². The van der Waals surface area contributed by atoms with Gasteiger partial charge in [0.1, 0.15) is 6.33 Å². The fourth-order valence-corrected chi connectivity index (χ4v) is 1.16. The molecule has 1 heterocycles. The highest BCUT2D eigenvalue weighted by Crippen LogP contribution is 2.13. The van der Waals surface area contributed by atoms with Crippen LogP contribution in [-0.2, 0) is 0 Å². The summed E-state index contributed by atoms with van der Waals surface area (Å²) in [6.45, 7) is 0. The number of nitrogens with zero attached hydrogens (tertiary/aromatic N) is 3. The summed E-state index contributed by atoms with van der Waals surface area (Å²) in [7, 11) is 0. The third kappa shape index (κ3) is 1.97. The number of aromatic amines is 1. The molecule has 70 valence electrons. The monoisotopic (exact) mass is 206 g/mol. The van der Waals surface area contributed by atoms with Crippen molar-refractivity contribution in [3.63, 3.8) is 0 Å². The minimum atomic E-state index is 0.463. The number of hydrogen-bond acceptors (Lipinski definition) is 3. The molecular weight excluding hydrogens is 200 g/mol. The maximum absolute atomic E-state index is 5.93. The minimum absolute atomic E-state index is 0.463. The second-order valence-electron chi connectivity index (χ2n) is 2.59. The molecule has 0 bridgehead atoms. The molecule has 1 aromatic heterocycles. The molecule has 2 rings (SSSR count).